The van der Waals surface area contributed by atoms with Crippen LogP contribution in [0.2, 0.25) is 0 Å². The predicted molar refractivity (Wildman–Crippen MR) is 76.2 cm³/mol. The van der Waals surface area contributed by atoms with E-state index in [1.54, 1.807) is 18.2 Å². The highest BCUT2D eigenvalue weighted by molar-refractivity contribution is 7.92. The molecule has 20 heavy (non-hydrogen) atoms. The van der Waals surface area contributed by atoms with Crippen LogP contribution in [0.1, 0.15) is 32.1 Å². The minimum absolute atomic E-state index is 0.254. The number of rotatable bonds is 3. The van der Waals surface area contributed by atoms with Crippen LogP contribution in [-0.2, 0) is 9.84 Å². The van der Waals surface area contributed by atoms with E-state index >= 15 is 0 Å². The highest BCUT2D eigenvalue weighted by atomic mass is 32.2. The Bertz CT molecular complexity index is 604. The van der Waals surface area contributed by atoms with Crippen molar-refractivity contribution in [1.82, 2.24) is 0 Å². The van der Waals surface area contributed by atoms with Crippen molar-refractivity contribution in [1.29, 1.82) is 5.26 Å². The van der Waals surface area contributed by atoms with Gasteiger partial charge in [-0.2, -0.15) is 5.26 Å². The summed E-state index contributed by atoms with van der Waals surface area (Å²) in [6.45, 7) is 0. The number of nitriles is 1. The lowest BCUT2D eigenvalue weighted by Gasteiger charge is -2.20. The van der Waals surface area contributed by atoms with Gasteiger partial charge in [0.05, 0.1) is 29.2 Å². The molecule has 1 aromatic rings. The lowest BCUT2D eigenvalue weighted by atomic mass is 10.0. The molecule has 5 heteroatoms. The fraction of sp³-hybridized carbons (Fsp3) is 0.533. The lowest BCUT2D eigenvalue weighted by molar-refractivity contribution is 0.413. The van der Waals surface area contributed by atoms with Gasteiger partial charge >= 0.3 is 0 Å². The molecule has 1 aromatic carbocycles. The number of hydrogen-bond acceptors (Lipinski definition) is 4. The summed E-state index contributed by atoms with van der Waals surface area (Å²) in [5, 5.41) is 8.66. The molecule has 0 bridgehead atoms. The topological polar surface area (TPSA) is 67.2 Å². The predicted octanol–water partition coefficient (Wildman–Crippen LogP) is 2.94. The zero-order chi connectivity index (χ0) is 14.6. The van der Waals surface area contributed by atoms with Crippen LogP contribution in [-0.4, -0.2) is 20.8 Å². The molecule has 0 saturated heterocycles. The Labute approximate surface area is 120 Å². The van der Waals surface area contributed by atoms with Crippen LogP contribution in [0.25, 0.3) is 0 Å². The molecule has 0 radical (unpaired) electrons. The minimum atomic E-state index is -3.48. The summed E-state index contributed by atoms with van der Waals surface area (Å²) in [6.07, 6.45) is 4.04. The lowest BCUT2D eigenvalue weighted by Crippen LogP contribution is -2.28. The minimum Gasteiger partial charge on any atom is -0.497 e. The average molecular weight is 293 g/mol. The number of sulfone groups is 1. The van der Waals surface area contributed by atoms with Gasteiger partial charge in [-0.3, -0.25) is 0 Å². The fourth-order valence-corrected chi connectivity index (χ4v) is 4.75. The van der Waals surface area contributed by atoms with Crippen molar-refractivity contribution in [2.45, 2.75) is 42.2 Å². The van der Waals surface area contributed by atoms with Crippen molar-refractivity contribution in [3.05, 3.63) is 24.3 Å². The molecular formula is C15H19NO3S. The maximum atomic E-state index is 12.8. The van der Waals surface area contributed by atoms with E-state index in [0.717, 1.165) is 19.3 Å². The van der Waals surface area contributed by atoms with E-state index in [9.17, 15) is 13.7 Å². The van der Waals surface area contributed by atoms with Crippen molar-refractivity contribution >= 4 is 9.84 Å². The Balaban J connectivity index is 2.39. The van der Waals surface area contributed by atoms with E-state index in [2.05, 4.69) is 6.07 Å². The van der Waals surface area contributed by atoms with Gasteiger partial charge in [-0.25, -0.2) is 8.42 Å². The average Bonchev–Trinajstić information content (AvgIpc) is 2.72. The number of ether oxygens (including phenoxy) is 1. The standard InChI is InChI=1S/C15H19NO3S/c1-19-13-7-5-8-14(10-13)20(17,18)15-9-4-2-3-6-12(15)11-16/h5,7-8,10,12,15H,2-4,6,9H2,1H3. The zero-order valence-electron chi connectivity index (χ0n) is 11.6. The maximum absolute atomic E-state index is 12.8. The van der Waals surface area contributed by atoms with Gasteiger partial charge in [0.2, 0.25) is 0 Å². The van der Waals surface area contributed by atoms with Gasteiger partial charge in [-0.15, -0.1) is 0 Å². The van der Waals surface area contributed by atoms with Crippen LogP contribution in [0.15, 0.2) is 29.2 Å². The van der Waals surface area contributed by atoms with Gasteiger partial charge in [0.25, 0.3) is 0 Å². The third kappa shape index (κ3) is 2.96. The summed E-state index contributed by atoms with van der Waals surface area (Å²) < 4.78 is 30.6. The first-order chi connectivity index (χ1) is 9.59. The third-order valence-corrected chi connectivity index (χ3v) is 6.16. The molecule has 2 rings (SSSR count). The monoisotopic (exact) mass is 293 g/mol. The molecule has 0 aliphatic heterocycles. The van der Waals surface area contributed by atoms with Crippen LogP contribution in [0.3, 0.4) is 0 Å². The van der Waals surface area contributed by atoms with Crippen molar-refractivity contribution in [3.8, 4) is 11.8 Å². The molecule has 0 aromatic heterocycles. The highest BCUT2D eigenvalue weighted by Crippen LogP contribution is 2.32. The van der Waals surface area contributed by atoms with E-state index in [0.29, 0.717) is 18.6 Å². The first-order valence-corrected chi connectivity index (χ1v) is 8.42. The molecule has 1 aliphatic carbocycles. The van der Waals surface area contributed by atoms with E-state index in [-0.39, 0.29) is 4.90 Å². The van der Waals surface area contributed by atoms with Crippen molar-refractivity contribution in [2.24, 2.45) is 5.92 Å². The maximum Gasteiger partial charge on any atom is 0.182 e. The third-order valence-electron chi connectivity index (χ3n) is 3.89. The summed E-state index contributed by atoms with van der Waals surface area (Å²) in [5.41, 5.74) is 0. The van der Waals surface area contributed by atoms with Gasteiger partial charge < -0.3 is 4.74 Å². The van der Waals surface area contributed by atoms with Gasteiger partial charge in [0.15, 0.2) is 9.84 Å². The molecule has 0 N–H and O–H groups in total. The number of hydrogen-bond donors (Lipinski definition) is 0. The van der Waals surface area contributed by atoms with Crippen molar-refractivity contribution < 1.29 is 13.2 Å². The summed E-state index contributed by atoms with van der Waals surface area (Å²) in [7, 11) is -1.97. The quantitative estimate of drug-likeness (QED) is 0.804. The molecule has 1 aliphatic rings. The van der Waals surface area contributed by atoms with Gasteiger partial charge in [0, 0.05) is 0 Å². The molecule has 4 nitrogen and oxygen atoms in total. The second-order valence-corrected chi connectivity index (χ2v) is 7.30. The molecule has 0 heterocycles. The summed E-state index contributed by atoms with van der Waals surface area (Å²) in [4.78, 5) is 0.254. The summed E-state index contributed by atoms with van der Waals surface area (Å²) in [6, 6.07) is 8.69. The normalized spacial score (nSPS) is 23.6. The summed E-state index contributed by atoms with van der Waals surface area (Å²) >= 11 is 0. The number of methoxy groups -OCH3 is 1. The van der Waals surface area contributed by atoms with E-state index in [1.807, 2.05) is 0 Å². The van der Waals surface area contributed by atoms with E-state index < -0.39 is 21.0 Å². The molecule has 1 saturated carbocycles. The Morgan fingerprint density at radius 2 is 2.00 bits per heavy atom. The van der Waals surface area contributed by atoms with Crippen molar-refractivity contribution in [2.75, 3.05) is 7.11 Å². The first kappa shape index (κ1) is 14.9. The van der Waals surface area contributed by atoms with E-state index in [4.69, 9.17) is 4.74 Å². The highest BCUT2D eigenvalue weighted by Gasteiger charge is 2.35. The van der Waals surface area contributed by atoms with Gasteiger partial charge in [-0.05, 0) is 31.0 Å². The molecule has 1 fully saturated rings. The molecule has 108 valence electrons. The van der Waals surface area contributed by atoms with Crippen LogP contribution in [0.4, 0.5) is 0 Å². The second kappa shape index (κ2) is 6.27. The molecule has 0 amide bonds. The van der Waals surface area contributed by atoms with E-state index in [1.165, 1.54) is 13.2 Å². The Morgan fingerprint density at radius 1 is 1.25 bits per heavy atom. The molecule has 0 spiro atoms. The molecular weight excluding hydrogens is 274 g/mol. The Hall–Kier alpha value is -1.54. The Morgan fingerprint density at radius 3 is 2.70 bits per heavy atom. The molecule has 2 unspecified atom stereocenters. The van der Waals surface area contributed by atoms with Crippen LogP contribution < -0.4 is 4.74 Å². The molecule has 2 atom stereocenters. The zero-order valence-corrected chi connectivity index (χ0v) is 12.4. The first-order valence-electron chi connectivity index (χ1n) is 6.87. The largest absolute Gasteiger partial charge is 0.497 e. The SMILES string of the molecule is COc1cccc(S(=O)(=O)C2CCCCCC2C#N)c1. The van der Waals surface area contributed by atoms with Crippen molar-refractivity contribution in [3.63, 3.8) is 0 Å². The Kier molecular flexibility index (Phi) is 4.66. The smallest absolute Gasteiger partial charge is 0.182 e. The van der Waals surface area contributed by atoms with Crippen LogP contribution in [0.5, 0.6) is 5.75 Å². The summed E-state index contributed by atoms with van der Waals surface area (Å²) in [5.74, 6) is 0.113. The number of benzene rings is 1. The van der Waals surface area contributed by atoms with Gasteiger partial charge in [0.1, 0.15) is 5.75 Å². The second-order valence-electron chi connectivity index (χ2n) is 5.14. The van der Waals surface area contributed by atoms with Crippen LogP contribution >= 0.6 is 0 Å². The fourth-order valence-electron chi connectivity index (χ4n) is 2.75. The van der Waals surface area contributed by atoms with Crippen LogP contribution in [0, 0.1) is 17.2 Å². The van der Waals surface area contributed by atoms with Gasteiger partial charge in [-0.1, -0.05) is 25.3 Å². The number of nitrogens with zero attached hydrogens (tertiary/aromatic N) is 1.